The van der Waals surface area contributed by atoms with Crippen molar-refractivity contribution in [2.75, 3.05) is 19.8 Å². The van der Waals surface area contributed by atoms with Gasteiger partial charge >= 0.3 is 0 Å². The predicted molar refractivity (Wildman–Crippen MR) is 59.1 cm³/mol. The first-order valence-corrected chi connectivity index (χ1v) is 5.49. The number of pyridine rings is 1. The lowest BCUT2D eigenvalue weighted by Gasteiger charge is -2.20. The Morgan fingerprint density at radius 3 is 3.12 bits per heavy atom. The lowest BCUT2D eigenvalue weighted by atomic mass is 10.2. The van der Waals surface area contributed by atoms with Gasteiger partial charge in [0.1, 0.15) is 5.69 Å². The third kappa shape index (κ3) is 2.17. The Kier molecular flexibility index (Phi) is 2.81. The number of hydrogen-bond donors (Lipinski definition) is 1. The van der Waals surface area contributed by atoms with Gasteiger partial charge in [0.25, 0.3) is 5.89 Å². The zero-order valence-electron chi connectivity index (χ0n) is 9.17. The van der Waals surface area contributed by atoms with Crippen molar-refractivity contribution in [1.82, 2.24) is 20.4 Å². The number of hydrogen-bond acceptors (Lipinski definition) is 6. The van der Waals surface area contributed by atoms with Gasteiger partial charge in [-0.1, -0.05) is 11.2 Å². The lowest BCUT2D eigenvalue weighted by molar-refractivity contribution is 0.0734. The molecule has 1 fully saturated rings. The molecular weight excluding hydrogens is 220 g/mol. The second-order valence-electron chi connectivity index (χ2n) is 3.75. The van der Waals surface area contributed by atoms with E-state index in [1.165, 1.54) is 0 Å². The van der Waals surface area contributed by atoms with Crippen molar-refractivity contribution >= 4 is 0 Å². The molecule has 0 bridgehead atoms. The number of rotatable bonds is 2. The smallest absolute Gasteiger partial charge is 0.276 e. The first kappa shape index (κ1) is 10.4. The van der Waals surface area contributed by atoms with Crippen molar-refractivity contribution in [1.29, 1.82) is 0 Å². The maximum Gasteiger partial charge on any atom is 0.276 e. The van der Waals surface area contributed by atoms with Crippen LogP contribution in [0.25, 0.3) is 11.6 Å². The molecule has 88 valence electrons. The lowest BCUT2D eigenvalue weighted by Crippen LogP contribution is -2.35. The normalized spacial score (nSPS) is 20.4. The molecule has 1 aliphatic heterocycles. The van der Waals surface area contributed by atoms with E-state index >= 15 is 0 Å². The molecule has 1 atom stereocenters. The standard InChI is InChI=1S/C11H12N4O2/c1-2-4-12-8(3-1)11-14-10(15-17-11)9-7-16-6-5-13-9/h1-4,9,13H,5-7H2. The van der Waals surface area contributed by atoms with Crippen LogP contribution < -0.4 is 5.32 Å². The summed E-state index contributed by atoms with van der Waals surface area (Å²) in [4.78, 5) is 8.48. The minimum absolute atomic E-state index is 0.00459. The van der Waals surface area contributed by atoms with Gasteiger partial charge in [0.15, 0.2) is 5.82 Å². The minimum atomic E-state index is 0.00459. The fraction of sp³-hybridized carbons (Fsp3) is 0.364. The summed E-state index contributed by atoms with van der Waals surface area (Å²) in [6, 6.07) is 5.57. The summed E-state index contributed by atoms with van der Waals surface area (Å²) in [6.07, 6.45) is 1.70. The molecule has 6 heteroatoms. The highest BCUT2D eigenvalue weighted by Gasteiger charge is 2.21. The summed E-state index contributed by atoms with van der Waals surface area (Å²) in [7, 11) is 0. The van der Waals surface area contributed by atoms with E-state index in [0.717, 1.165) is 13.2 Å². The molecule has 0 spiro atoms. The van der Waals surface area contributed by atoms with Crippen LogP contribution in [-0.4, -0.2) is 34.9 Å². The van der Waals surface area contributed by atoms with Crippen molar-refractivity contribution in [3.05, 3.63) is 30.2 Å². The molecule has 3 heterocycles. The number of nitrogens with one attached hydrogen (secondary N) is 1. The zero-order valence-corrected chi connectivity index (χ0v) is 9.17. The van der Waals surface area contributed by atoms with Gasteiger partial charge in [0.2, 0.25) is 0 Å². The molecule has 1 unspecified atom stereocenters. The predicted octanol–water partition coefficient (Wildman–Crippen LogP) is 0.792. The molecule has 1 saturated heterocycles. The number of aromatic nitrogens is 3. The van der Waals surface area contributed by atoms with Crippen LogP contribution in [0.3, 0.4) is 0 Å². The molecule has 2 aromatic rings. The Morgan fingerprint density at radius 2 is 2.35 bits per heavy atom. The van der Waals surface area contributed by atoms with Crippen LogP contribution in [-0.2, 0) is 4.74 Å². The Labute approximate surface area is 98.0 Å². The van der Waals surface area contributed by atoms with Gasteiger partial charge in [0.05, 0.1) is 19.3 Å². The number of morpholine rings is 1. The van der Waals surface area contributed by atoms with Crippen LogP contribution in [0.4, 0.5) is 0 Å². The largest absolute Gasteiger partial charge is 0.378 e. The molecule has 2 aromatic heterocycles. The highest BCUT2D eigenvalue weighted by Crippen LogP contribution is 2.18. The van der Waals surface area contributed by atoms with Gasteiger partial charge in [-0.15, -0.1) is 0 Å². The maximum atomic E-state index is 5.35. The van der Waals surface area contributed by atoms with Crippen molar-refractivity contribution in [3.63, 3.8) is 0 Å². The summed E-state index contributed by atoms with van der Waals surface area (Å²) in [5.41, 5.74) is 0.683. The van der Waals surface area contributed by atoms with Crippen molar-refractivity contribution in [2.45, 2.75) is 6.04 Å². The van der Waals surface area contributed by atoms with Crippen molar-refractivity contribution < 1.29 is 9.26 Å². The van der Waals surface area contributed by atoms with E-state index < -0.39 is 0 Å². The first-order valence-electron chi connectivity index (χ1n) is 5.49. The summed E-state index contributed by atoms with van der Waals surface area (Å²) < 4.78 is 10.5. The van der Waals surface area contributed by atoms with E-state index in [-0.39, 0.29) is 6.04 Å². The van der Waals surface area contributed by atoms with Gasteiger partial charge < -0.3 is 14.6 Å². The number of ether oxygens (including phenoxy) is 1. The summed E-state index contributed by atoms with van der Waals surface area (Å²) in [5.74, 6) is 1.05. The molecule has 0 saturated carbocycles. The van der Waals surface area contributed by atoms with E-state index in [2.05, 4.69) is 20.4 Å². The fourth-order valence-corrected chi connectivity index (χ4v) is 1.70. The summed E-state index contributed by atoms with van der Waals surface area (Å²) >= 11 is 0. The Bertz CT molecular complexity index is 479. The van der Waals surface area contributed by atoms with Gasteiger partial charge in [-0.2, -0.15) is 4.98 Å². The van der Waals surface area contributed by atoms with Crippen LogP contribution in [0, 0.1) is 0 Å². The topological polar surface area (TPSA) is 73.1 Å². The van der Waals surface area contributed by atoms with E-state index in [0.29, 0.717) is 24.0 Å². The second kappa shape index (κ2) is 4.60. The van der Waals surface area contributed by atoms with Crippen LogP contribution >= 0.6 is 0 Å². The van der Waals surface area contributed by atoms with E-state index in [9.17, 15) is 0 Å². The minimum Gasteiger partial charge on any atom is -0.378 e. The van der Waals surface area contributed by atoms with Crippen LogP contribution in [0.15, 0.2) is 28.9 Å². The van der Waals surface area contributed by atoms with E-state index in [1.807, 2.05) is 18.2 Å². The first-order chi connectivity index (χ1) is 8.43. The third-order valence-corrected chi connectivity index (χ3v) is 2.56. The Morgan fingerprint density at radius 1 is 1.35 bits per heavy atom. The molecule has 0 amide bonds. The van der Waals surface area contributed by atoms with Crippen LogP contribution in [0.1, 0.15) is 11.9 Å². The van der Waals surface area contributed by atoms with Crippen molar-refractivity contribution in [3.8, 4) is 11.6 Å². The number of nitrogens with zero attached hydrogens (tertiary/aromatic N) is 3. The van der Waals surface area contributed by atoms with E-state index in [4.69, 9.17) is 9.26 Å². The maximum absolute atomic E-state index is 5.35. The summed E-state index contributed by atoms with van der Waals surface area (Å²) in [5, 5.41) is 7.22. The third-order valence-electron chi connectivity index (χ3n) is 2.56. The molecule has 1 N–H and O–H groups in total. The molecule has 6 nitrogen and oxygen atoms in total. The Balaban J connectivity index is 1.83. The molecule has 0 aliphatic carbocycles. The average molecular weight is 232 g/mol. The molecule has 17 heavy (non-hydrogen) atoms. The van der Waals surface area contributed by atoms with Crippen molar-refractivity contribution in [2.24, 2.45) is 0 Å². The van der Waals surface area contributed by atoms with Crippen LogP contribution in [0.5, 0.6) is 0 Å². The van der Waals surface area contributed by atoms with Gasteiger partial charge in [-0.3, -0.25) is 4.98 Å². The summed E-state index contributed by atoms with van der Waals surface area (Å²) in [6.45, 7) is 2.10. The molecule has 1 aliphatic rings. The SMILES string of the molecule is c1ccc(-c2nc(C3COCCN3)no2)nc1. The average Bonchev–Trinajstić information content (AvgIpc) is 2.90. The van der Waals surface area contributed by atoms with Gasteiger partial charge in [0, 0.05) is 12.7 Å². The second-order valence-corrected chi connectivity index (χ2v) is 3.75. The molecular formula is C11H12N4O2. The van der Waals surface area contributed by atoms with E-state index in [1.54, 1.807) is 6.20 Å². The highest BCUT2D eigenvalue weighted by molar-refractivity contribution is 5.45. The monoisotopic (exact) mass is 232 g/mol. The quantitative estimate of drug-likeness (QED) is 0.825. The molecule has 0 aromatic carbocycles. The molecule has 3 rings (SSSR count). The fourth-order valence-electron chi connectivity index (χ4n) is 1.70. The van der Waals surface area contributed by atoms with Gasteiger partial charge in [-0.25, -0.2) is 0 Å². The zero-order chi connectivity index (χ0) is 11.5. The molecule has 0 radical (unpaired) electrons. The van der Waals surface area contributed by atoms with Gasteiger partial charge in [-0.05, 0) is 12.1 Å². The van der Waals surface area contributed by atoms with Crippen LogP contribution in [0.2, 0.25) is 0 Å². The highest BCUT2D eigenvalue weighted by atomic mass is 16.5. The Hall–Kier alpha value is -1.79.